The van der Waals surface area contributed by atoms with E-state index in [2.05, 4.69) is 11.4 Å². The van der Waals surface area contributed by atoms with Gasteiger partial charge in [0.05, 0.1) is 6.61 Å². The second kappa shape index (κ2) is 5.47. The van der Waals surface area contributed by atoms with E-state index in [9.17, 15) is 4.79 Å². The number of fused-ring (bicyclic) bond motifs is 1. The number of pyridine rings is 1. The van der Waals surface area contributed by atoms with Crippen LogP contribution in [0.1, 0.15) is 23.2 Å². The summed E-state index contributed by atoms with van der Waals surface area (Å²) < 4.78 is 6.78. The maximum Gasteiger partial charge on any atom is 0.255 e. The van der Waals surface area contributed by atoms with Gasteiger partial charge in [0.15, 0.2) is 0 Å². The first kappa shape index (κ1) is 12.3. The molecule has 17 heavy (non-hydrogen) atoms. The molecule has 0 saturated carbocycles. The molecule has 0 radical (unpaired) electrons. The SMILES string of the molecule is COCCNCc1cc2c(n(C)c1=O)CCC2. The highest BCUT2D eigenvalue weighted by molar-refractivity contribution is 5.30. The molecule has 0 atom stereocenters. The predicted molar refractivity (Wildman–Crippen MR) is 67.3 cm³/mol. The summed E-state index contributed by atoms with van der Waals surface area (Å²) in [6.45, 7) is 2.07. The average molecular weight is 236 g/mol. The second-order valence-electron chi connectivity index (χ2n) is 4.53. The molecular formula is C13H20N2O2. The number of aryl methyl sites for hydroxylation is 1. The predicted octanol–water partition coefficient (Wildman–Crippen LogP) is 0.610. The van der Waals surface area contributed by atoms with Gasteiger partial charge in [-0.2, -0.15) is 0 Å². The number of rotatable bonds is 5. The molecule has 1 heterocycles. The summed E-state index contributed by atoms with van der Waals surface area (Å²) in [5, 5.41) is 3.22. The van der Waals surface area contributed by atoms with Crippen LogP contribution in [0.25, 0.3) is 0 Å². The number of hydrogen-bond donors (Lipinski definition) is 1. The van der Waals surface area contributed by atoms with Crippen LogP contribution in [0.5, 0.6) is 0 Å². The third kappa shape index (κ3) is 2.58. The molecule has 0 unspecified atom stereocenters. The van der Waals surface area contributed by atoms with Gasteiger partial charge in [0.25, 0.3) is 5.56 Å². The molecule has 1 aromatic heterocycles. The second-order valence-corrected chi connectivity index (χ2v) is 4.53. The monoisotopic (exact) mass is 236 g/mol. The van der Waals surface area contributed by atoms with E-state index in [1.54, 1.807) is 7.11 Å². The van der Waals surface area contributed by atoms with Gasteiger partial charge in [0, 0.05) is 38.5 Å². The molecule has 94 valence electrons. The summed E-state index contributed by atoms with van der Waals surface area (Å²) >= 11 is 0. The number of ether oxygens (including phenoxy) is 1. The molecule has 1 N–H and O–H groups in total. The Bertz CT molecular complexity index is 451. The van der Waals surface area contributed by atoms with Gasteiger partial charge in [-0.05, 0) is 30.9 Å². The zero-order valence-electron chi connectivity index (χ0n) is 10.6. The van der Waals surface area contributed by atoms with Crippen molar-refractivity contribution in [2.75, 3.05) is 20.3 Å². The fraction of sp³-hybridized carbons (Fsp3) is 0.615. The zero-order chi connectivity index (χ0) is 12.3. The van der Waals surface area contributed by atoms with Crippen molar-refractivity contribution in [3.05, 3.63) is 33.2 Å². The number of nitrogens with zero attached hydrogens (tertiary/aromatic N) is 1. The van der Waals surface area contributed by atoms with Gasteiger partial charge in [0.2, 0.25) is 0 Å². The smallest absolute Gasteiger partial charge is 0.255 e. The van der Waals surface area contributed by atoms with E-state index in [1.165, 1.54) is 17.7 Å². The molecule has 0 saturated heterocycles. The maximum atomic E-state index is 12.1. The molecule has 0 fully saturated rings. The van der Waals surface area contributed by atoms with Crippen LogP contribution in [0, 0.1) is 0 Å². The number of aromatic nitrogens is 1. The largest absolute Gasteiger partial charge is 0.383 e. The van der Waals surface area contributed by atoms with Crippen LogP contribution in [-0.2, 0) is 31.2 Å². The molecule has 0 aliphatic heterocycles. The Balaban J connectivity index is 2.13. The summed E-state index contributed by atoms with van der Waals surface area (Å²) in [7, 11) is 3.56. The Labute approximate surface area is 102 Å². The van der Waals surface area contributed by atoms with Crippen molar-refractivity contribution in [1.29, 1.82) is 0 Å². The summed E-state index contributed by atoms with van der Waals surface area (Å²) in [5.74, 6) is 0. The fourth-order valence-electron chi connectivity index (χ4n) is 2.42. The first-order valence-corrected chi connectivity index (χ1v) is 6.14. The Morgan fingerprint density at radius 3 is 3.06 bits per heavy atom. The first-order chi connectivity index (χ1) is 8.24. The van der Waals surface area contributed by atoms with Crippen molar-refractivity contribution in [2.24, 2.45) is 7.05 Å². The van der Waals surface area contributed by atoms with Gasteiger partial charge in [0.1, 0.15) is 0 Å². The van der Waals surface area contributed by atoms with E-state index in [0.717, 1.165) is 24.9 Å². The fourth-order valence-corrected chi connectivity index (χ4v) is 2.42. The lowest BCUT2D eigenvalue weighted by Crippen LogP contribution is -2.29. The Morgan fingerprint density at radius 2 is 2.29 bits per heavy atom. The van der Waals surface area contributed by atoms with Crippen LogP contribution < -0.4 is 10.9 Å². The minimum Gasteiger partial charge on any atom is -0.383 e. The van der Waals surface area contributed by atoms with Crippen LogP contribution in [0.3, 0.4) is 0 Å². The van der Waals surface area contributed by atoms with Crippen molar-refractivity contribution in [1.82, 2.24) is 9.88 Å². The molecule has 1 aliphatic carbocycles. The van der Waals surface area contributed by atoms with Crippen molar-refractivity contribution < 1.29 is 4.74 Å². The van der Waals surface area contributed by atoms with Crippen molar-refractivity contribution in [3.8, 4) is 0 Å². The van der Waals surface area contributed by atoms with Gasteiger partial charge in [-0.1, -0.05) is 0 Å². The zero-order valence-corrected chi connectivity index (χ0v) is 10.6. The third-order valence-corrected chi connectivity index (χ3v) is 3.36. The van der Waals surface area contributed by atoms with Crippen LogP contribution in [0.2, 0.25) is 0 Å². The lowest BCUT2D eigenvalue weighted by molar-refractivity contribution is 0.199. The van der Waals surface area contributed by atoms with Gasteiger partial charge in [-0.15, -0.1) is 0 Å². The van der Waals surface area contributed by atoms with E-state index >= 15 is 0 Å². The van der Waals surface area contributed by atoms with E-state index in [0.29, 0.717) is 13.2 Å². The summed E-state index contributed by atoms with van der Waals surface area (Å²) in [6.07, 6.45) is 3.32. The highest BCUT2D eigenvalue weighted by Gasteiger charge is 2.16. The highest BCUT2D eigenvalue weighted by atomic mass is 16.5. The Kier molecular flexibility index (Phi) is 3.97. The first-order valence-electron chi connectivity index (χ1n) is 6.14. The minimum atomic E-state index is 0.135. The summed E-state index contributed by atoms with van der Waals surface area (Å²) in [5.41, 5.74) is 3.56. The quantitative estimate of drug-likeness (QED) is 0.762. The molecule has 0 spiro atoms. The van der Waals surface area contributed by atoms with Gasteiger partial charge in [-0.25, -0.2) is 0 Å². The van der Waals surface area contributed by atoms with Crippen molar-refractivity contribution in [3.63, 3.8) is 0 Å². The molecule has 0 aromatic carbocycles. The van der Waals surface area contributed by atoms with Crippen LogP contribution in [0.15, 0.2) is 10.9 Å². The number of hydrogen-bond acceptors (Lipinski definition) is 3. The minimum absolute atomic E-state index is 0.135. The average Bonchev–Trinajstić information content (AvgIpc) is 2.79. The van der Waals surface area contributed by atoms with Crippen LogP contribution in [0.4, 0.5) is 0 Å². The molecule has 2 rings (SSSR count). The van der Waals surface area contributed by atoms with Crippen LogP contribution >= 0.6 is 0 Å². The Hall–Kier alpha value is -1.13. The number of nitrogens with one attached hydrogen (secondary N) is 1. The van der Waals surface area contributed by atoms with E-state index in [4.69, 9.17) is 4.74 Å². The molecular weight excluding hydrogens is 216 g/mol. The molecule has 1 aliphatic rings. The summed E-state index contributed by atoms with van der Waals surface area (Å²) in [4.78, 5) is 12.1. The van der Waals surface area contributed by atoms with Crippen molar-refractivity contribution >= 4 is 0 Å². The molecule has 0 bridgehead atoms. The molecule has 4 nitrogen and oxygen atoms in total. The number of methoxy groups -OCH3 is 1. The van der Waals surface area contributed by atoms with Crippen LogP contribution in [-0.4, -0.2) is 24.8 Å². The highest BCUT2D eigenvalue weighted by Crippen LogP contribution is 2.20. The lowest BCUT2D eigenvalue weighted by Gasteiger charge is -2.10. The van der Waals surface area contributed by atoms with Gasteiger partial charge >= 0.3 is 0 Å². The van der Waals surface area contributed by atoms with E-state index in [1.807, 2.05) is 11.6 Å². The molecule has 1 aromatic rings. The lowest BCUT2D eigenvalue weighted by atomic mass is 10.1. The third-order valence-electron chi connectivity index (χ3n) is 3.36. The normalized spacial score (nSPS) is 14.0. The Morgan fingerprint density at radius 1 is 1.47 bits per heavy atom. The maximum absolute atomic E-state index is 12.1. The standard InChI is InChI=1S/C13H20N2O2/c1-15-12-5-3-4-10(12)8-11(13(15)16)9-14-6-7-17-2/h8,14H,3-7,9H2,1-2H3. The van der Waals surface area contributed by atoms with E-state index < -0.39 is 0 Å². The topological polar surface area (TPSA) is 43.3 Å². The van der Waals surface area contributed by atoms with Gasteiger partial charge < -0.3 is 14.6 Å². The van der Waals surface area contributed by atoms with E-state index in [-0.39, 0.29) is 5.56 Å². The molecule has 4 heteroatoms. The summed E-state index contributed by atoms with van der Waals surface area (Å²) in [6, 6.07) is 2.07. The van der Waals surface area contributed by atoms with Crippen molar-refractivity contribution in [2.45, 2.75) is 25.8 Å². The van der Waals surface area contributed by atoms with Gasteiger partial charge in [-0.3, -0.25) is 4.79 Å². The molecule has 0 amide bonds.